The number of nitrogens with one attached hydrogen (secondary N) is 1. The van der Waals surface area contributed by atoms with Crippen LogP contribution in [0, 0.1) is 5.92 Å². The second-order valence-electron chi connectivity index (χ2n) is 15.2. The third-order valence-corrected chi connectivity index (χ3v) is 10.5. The van der Waals surface area contributed by atoms with E-state index in [1.165, 1.54) is 23.8 Å². The van der Waals surface area contributed by atoms with Crippen LogP contribution >= 0.6 is 11.6 Å². The molecule has 54 heavy (non-hydrogen) atoms. The molecule has 0 unspecified atom stereocenters. The average Bonchev–Trinajstić information content (AvgIpc) is 3.63. The molecular weight excluding hydrogens is 702 g/mol. The summed E-state index contributed by atoms with van der Waals surface area (Å²) in [4.78, 5) is 39.4. The molecule has 2 aromatic heterocycles. The summed E-state index contributed by atoms with van der Waals surface area (Å²) < 4.78 is 16.9. The van der Waals surface area contributed by atoms with Gasteiger partial charge in [-0.1, -0.05) is 41.9 Å². The van der Waals surface area contributed by atoms with Gasteiger partial charge in [-0.15, -0.1) is 0 Å². The number of piperidine rings is 1. The largest absolute Gasteiger partial charge is 0.465 e. The zero-order valence-corrected chi connectivity index (χ0v) is 32.2. The van der Waals surface area contributed by atoms with Crippen LogP contribution in [0.15, 0.2) is 85.2 Å². The Morgan fingerprint density at radius 1 is 0.907 bits per heavy atom. The summed E-state index contributed by atoms with van der Waals surface area (Å²) in [5.41, 5.74) is 6.65. The van der Waals surface area contributed by atoms with E-state index in [0.29, 0.717) is 36.1 Å². The molecule has 11 heteroatoms. The number of amides is 1. The van der Waals surface area contributed by atoms with E-state index in [9.17, 15) is 9.59 Å². The van der Waals surface area contributed by atoms with Gasteiger partial charge < -0.3 is 29.0 Å². The number of carbonyl (C=O) groups excluding carboxylic acids is 2. The predicted molar refractivity (Wildman–Crippen MR) is 213 cm³/mol. The molecule has 0 aliphatic carbocycles. The van der Waals surface area contributed by atoms with Gasteiger partial charge in [-0.2, -0.15) is 0 Å². The van der Waals surface area contributed by atoms with Crippen LogP contribution in [0.4, 0.5) is 10.5 Å². The fraction of sp³-hybridized carbons (Fsp3) is 0.372. The first-order chi connectivity index (χ1) is 26.0. The molecule has 0 saturated carbocycles. The number of methoxy groups -OCH3 is 1. The second kappa shape index (κ2) is 16.1. The maximum Gasteiger partial charge on any atom is 0.410 e. The molecule has 0 spiro atoms. The van der Waals surface area contributed by atoms with Crippen LogP contribution in [-0.2, 0) is 22.4 Å². The number of hydrogen-bond donors (Lipinski definition) is 1. The van der Waals surface area contributed by atoms with E-state index < -0.39 is 11.6 Å². The van der Waals surface area contributed by atoms with Gasteiger partial charge in [0.1, 0.15) is 28.3 Å². The Kier molecular flexibility index (Phi) is 11.1. The minimum atomic E-state index is -0.500. The highest BCUT2D eigenvalue weighted by Gasteiger charge is 2.27. The summed E-state index contributed by atoms with van der Waals surface area (Å²) in [5.74, 6) is 1.04. The maximum absolute atomic E-state index is 12.7. The summed E-state index contributed by atoms with van der Waals surface area (Å²) in [5, 5.41) is 1.65. The van der Waals surface area contributed by atoms with Crippen LogP contribution in [0.2, 0.25) is 5.02 Å². The highest BCUT2D eigenvalue weighted by atomic mass is 35.5. The quantitative estimate of drug-likeness (QED) is 0.149. The Bertz CT molecular complexity index is 2090. The number of rotatable bonds is 9. The van der Waals surface area contributed by atoms with Gasteiger partial charge in [0.2, 0.25) is 0 Å². The lowest BCUT2D eigenvalue weighted by atomic mass is 9.86. The first kappa shape index (κ1) is 37.3. The molecule has 10 nitrogen and oxygen atoms in total. The number of aromatic amines is 1. The lowest BCUT2D eigenvalue weighted by molar-refractivity contribution is 0.0139. The summed E-state index contributed by atoms with van der Waals surface area (Å²) in [6, 6.07) is 24.5. The molecule has 4 heterocycles. The molecule has 1 N–H and O–H groups in total. The molecule has 2 aliphatic heterocycles. The molecule has 2 fully saturated rings. The van der Waals surface area contributed by atoms with E-state index in [2.05, 4.69) is 50.1 Å². The van der Waals surface area contributed by atoms with Crippen LogP contribution < -0.4 is 9.64 Å². The number of anilines is 1. The van der Waals surface area contributed by atoms with E-state index in [1.54, 1.807) is 12.3 Å². The van der Waals surface area contributed by atoms with Crippen LogP contribution in [0.5, 0.6) is 11.5 Å². The van der Waals surface area contributed by atoms with Gasteiger partial charge >= 0.3 is 12.1 Å². The number of carbonyl (C=O) groups is 2. The number of halogens is 1. The number of aromatic nitrogens is 2. The van der Waals surface area contributed by atoms with Crippen molar-refractivity contribution in [1.82, 2.24) is 19.8 Å². The van der Waals surface area contributed by atoms with Crippen molar-refractivity contribution in [3.05, 3.63) is 107 Å². The molecule has 3 aromatic carbocycles. The van der Waals surface area contributed by atoms with Crippen molar-refractivity contribution in [2.24, 2.45) is 5.92 Å². The van der Waals surface area contributed by atoms with E-state index in [1.807, 2.05) is 68.3 Å². The number of hydrogen-bond acceptors (Lipinski definition) is 8. The average molecular weight is 750 g/mol. The minimum Gasteiger partial charge on any atom is -0.465 e. The second-order valence-corrected chi connectivity index (χ2v) is 15.7. The van der Waals surface area contributed by atoms with Gasteiger partial charge in [0.15, 0.2) is 0 Å². The number of fused-ring (bicyclic) bond motifs is 1. The lowest BCUT2D eigenvalue weighted by Gasteiger charge is -2.36. The summed E-state index contributed by atoms with van der Waals surface area (Å²) in [6.45, 7) is 11.2. The van der Waals surface area contributed by atoms with Crippen molar-refractivity contribution in [1.29, 1.82) is 0 Å². The Morgan fingerprint density at radius 2 is 1.67 bits per heavy atom. The number of ether oxygens (including phenoxy) is 3. The predicted octanol–water partition coefficient (Wildman–Crippen LogP) is 8.97. The van der Waals surface area contributed by atoms with E-state index in [-0.39, 0.29) is 6.09 Å². The molecule has 0 radical (unpaired) electrons. The van der Waals surface area contributed by atoms with Crippen LogP contribution in [-0.4, -0.2) is 83.8 Å². The molecule has 7 rings (SSSR count). The smallest absolute Gasteiger partial charge is 0.410 e. The fourth-order valence-corrected chi connectivity index (χ4v) is 7.50. The van der Waals surface area contributed by atoms with Crippen LogP contribution in [0.3, 0.4) is 0 Å². The van der Waals surface area contributed by atoms with Crippen LogP contribution in [0.25, 0.3) is 22.2 Å². The SMILES string of the molecule is COC(=O)c1ccc(N2CCC(Cc3cc(CN4CCN(C(=O)OC(C)(C)C)CC4)ccc3-c3ccc(Cl)cc3)CC2)cc1Oc1cnc2[nH]ccc2c1. The zero-order valence-electron chi connectivity index (χ0n) is 31.4. The summed E-state index contributed by atoms with van der Waals surface area (Å²) >= 11 is 6.27. The number of piperazine rings is 1. The summed E-state index contributed by atoms with van der Waals surface area (Å²) in [7, 11) is 1.38. The van der Waals surface area contributed by atoms with Gasteiger partial charge in [-0.3, -0.25) is 4.90 Å². The van der Waals surface area contributed by atoms with E-state index >= 15 is 0 Å². The molecule has 2 aliphatic rings. The normalized spacial score (nSPS) is 15.7. The molecule has 282 valence electrons. The van der Waals surface area contributed by atoms with Crippen molar-refractivity contribution in [3.63, 3.8) is 0 Å². The monoisotopic (exact) mass is 749 g/mol. The molecule has 5 aromatic rings. The van der Waals surface area contributed by atoms with E-state index in [0.717, 1.165) is 79.3 Å². The number of pyridine rings is 1. The summed E-state index contributed by atoms with van der Waals surface area (Å²) in [6.07, 6.45) is 6.27. The van der Waals surface area contributed by atoms with Gasteiger partial charge in [0.25, 0.3) is 0 Å². The van der Waals surface area contributed by atoms with Crippen molar-refractivity contribution in [2.45, 2.75) is 52.2 Å². The number of benzene rings is 3. The fourth-order valence-electron chi connectivity index (χ4n) is 7.38. The minimum absolute atomic E-state index is 0.238. The zero-order chi connectivity index (χ0) is 37.8. The molecular formula is C43H48ClN5O5. The highest BCUT2D eigenvalue weighted by Crippen LogP contribution is 2.35. The van der Waals surface area contributed by atoms with Gasteiger partial charge in [-0.25, -0.2) is 14.6 Å². The first-order valence-corrected chi connectivity index (χ1v) is 19.1. The van der Waals surface area contributed by atoms with Gasteiger partial charge in [-0.05, 0) is 105 Å². The van der Waals surface area contributed by atoms with Crippen molar-refractivity contribution in [2.75, 3.05) is 51.3 Å². The first-order valence-electron chi connectivity index (χ1n) is 18.7. The topological polar surface area (TPSA) is 100 Å². The molecule has 1 amide bonds. The number of nitrogens with zero attached hydrogens (tertiary/aromatic N) is 4. The van der Waals surface area contributed by atoms with Crippen LogP contribution in [0.1, 0.15) is 55.1 Å². The lowest BCUT2D eigenvalue weighted by Crippen LogP contribution is -2.49. The van der Waals surface area contributed by atoms with Crippen molar-refractivity contribution in [3.8, 4) is 22.6 Å². The Morgan fingerprint density at radius 3 is 2.39 bits per heavy atom. The third kappa shape index (κ3) is 9.00. The molecule has 0 atom stereocenters. The van der Waals surface area contributed by atoms with E-state index in [4.69, 9.17) is 25.8 Å². The molecule has 0 bridgehead atoms. The number of H-pyrrole nitrogens is 1. The van der Waals surface area contributed by atoms with Crippen molar-refractivity contribution < 1.29 is 23.8 Å². The van der Waals surface area contributed by atoms with Gasteiger partial charge in [0.05, 0.1) is 13.3 Å². The maximum atomic E-state index is 12.7. The van der Waals surface area contributed by atoms with Gasteiger partial charge in [0, 0.05) is 74.2 Å². The Balaban J connectivity index is 1.03. The Hall–Kier alpha value is -5.06. The third-order valence-electron chi connectivity index (χ3n) is 10.2. The highest BCUT2D eigenvalue weighted by molar-refractivity contribution is 6.30. The molecule has 2 saturated heterocycles. The number of esters is 1. The van der Waals surface area contributed by atoms with Crippen molar-refractivity contribution >= 4 is 40.4 Å². The Labute approximate surface area is 322 Å². The standard InChI is InChI=1S/C43H48ClN5O5/c1-43(2,3)54-42(51)49-21-19-47(20-22-49)28-30-5-11-37(31-6-8-34(44)9-7-31)33(24-30)23-29-14-17-48(18-15-29)35-10-12-38(41(50)52-4)39(26-35)53-36-25-32-13-16-45-40(32)46-27-36/h5-13,16,24-27,29H,14-15,17-23,28H2,1-4H3,(H,45,46).